The summed E-state index contributed by atoms with van der Waals surface area (Å²) in [6.45, 7) is 1.91. The van der Waals surface area contributed by atoms with Crippen LogP contribution in [0.1, 0.15) is 24.4 Å². The van der Waals surface area contributed by atoms with Crippen LogP contribution in [0.15, 0.2) is 53.1 Å². The fraction of sp³-hybridized carbons (Fsp3) is 0.250. The van der Waals surface area contributed by atoms with E-state index in [-0.39, 0.29) is 11.9 Å². The largest absolute Gasteiger partial charge is 0.497 e. The summed E-state index contributed by atoms with van der Waals surface area (Å²) >= 11 is 7.59. The van der Waals surface area contributed by atoms with Gasteiger partial charge in [-0.3, -0.25) is 4.79 Å². The second-order valence-corrected chi connectivity index (χ2v) is 7.44. The van der Waals surface area contributed by atoms with Crippen molar-refractivity contribution in [1.82, 2.24) is 15.5 Å². The number of ether oxygens (including phenoxy) is 1. The SMILES string of the molecule is COc1ccc(-c2nc(CSCC(=O)NC(C)c3ccccc3Cl)no2)cc1. The lowest BCUT2D eigenvalue weighted by Crippen LogP contribution is -2.28. The topological polar surface area (TPSA) is 77.2 Å². The van der Waals surface area contributed by atoms with Crippen molar-refractivity contribution in [3.8, 4) is 17.2 Å². The number of thioether (sulfide) groups is 1. The highest BCUT2D eigenvalue weighted by Crippen LogP contribution is 2.23. The summed E-state index contributed by atoms with van der Waals surface area (Å²) in [6.07, 6.45) is 0. The van der Waals surface area contributed by atoms with Gasteiger partial charge in [-0.1, -0.05) is 35.0 Å². The van der Waals surface area contributed by atoms with Crippen molar-refractivity contribution in [1.29, 1.82) is 0 Å². The Morgan fingerprint density at radius 1 is 1.25 bits per heavy atom. The Kier molecular flexibility index (Phi) is 6.95. The van der Waals surface area contributed by atoms with Gasteiger partial charge in [0.15, 0.2) is 5.82 Å². The Balaban J connectivity index is 1.48. The minimum Gasteiger partial charge on any atom is -0.497 e. The van der Waals surface area contributed by atoms with E-state index in [0.717, 1.165) is 16.9 Å². The minimum absolute atomic E-state index is 0.0729. The summed E-state index contributed by atoms with van der Waals surface area (Å²) in [5.74, 6) is 2.44. The molecule has 0 aliphatic heterocycles. The Hall–Kier alpha value is -2.51. The van der Waals surface area contributed by atoms with E-state index in [1.165, 1.54) is 11.8 Å². The predicted molar refractivity (Wildman–Crippen MR) is 110 cm³/mol. The number of benzene rings is 2. The van der Waals surface area contributed by atoms with Gasteiger partial charge in [-0.15, -0.1) is 11.8 Å². The molecule has 6 nitrogen and oxygen atoms in total. The number of nitrogens with zero attached hydrogens (tertiary/aromatic N) is 2. The smallest absolute Gasteiger partial charge is 0.257 e. The first kappa shape index (κ1) is 20.2. The van der Waals surface area contributed by atoms with Gasteiger partial charge < -0.3 is 14.6 Å². The zero-order valence-electron chi connectivity index (χ0n) is 15.5. The zero-order valence-corrected chi connectivity index (χ0v) is 17.1. The first-order chi connectivity index (χ1) is 13.6. The van der Waals surface area contributed by atoms with Gasteiger partial charge in [0.25, 0.3) is 5.89 Å². The van der Waals surface area contributed by atoms with Crippen molar-refractivity contribution in [2.24, 2.45) is 0 Å². The van der Waals surface area contributed by atoms with Crippen LogP contribution in [0.2, 0.25) is 5.02 Å². The van der Waals surface area contributed by atoms with Crippen LogP contribution >= 0.6 is 23.4 Å². The van der Waals surface area contributed by atoms with Crippen molar-refractivity contribution in [2.45, 2.75) is 18.7 Å². The third kappa shape index (κ3) is 5.27. The number of nitrogens with one attached hydrogen (secondary N) is 1. The second kappa shape index (κ2) is 9.61. The molecule has 0 aliphatic rings. The summed E-state index contributed by atoms with van der Waals surface area (Å²) in [7, 11) is 1.61. The van der Waals surface area contributed by atoms with Crippen molar-refractivity contribution >= 4 is 29.3 Å². The Bertz CT molecular complexity index is 930. The molecule has 0 spiro atoms. The molecule has 0 radical (unpaired) electrons. The van der Waals surface area contributed by atoms with Crippen LogP contribution in [0.25, 0.3) is 11.5 Å². The third-order valence-electron chi connectivity index (χ3n) is 4.02. The van der Waals surface area contributed by atoms with Crippen LogP contribution in [0.5, 0.6) is 5.75 Å². The molecular formula is C20H20ClN3O3S. The molecule has 1 atom stereocenters. The first-order valence-corrected chi connectivity index (χ1v) is 10.2. The van der Waals surface area contributed by atoms with E-state index in [4.69, 9.17) is 20.9 Å². The number of hydrogen-bond acceptors (Lipinski definition) is 6. The molecule has 2 aromatic carbocycles. The van der Waals surface area contributed by atoms with Crippen LogP contribution < -0.4 is 10.1 Å². The molecule has 3 aromatic rings. The van der Waals surface area contributed by atoms with E-state index in [9.17, 15) is 4.79 Å². The van der Waals surface area contributed by atoms with Gasteiger partial charge in [0, 0.05) is 10.6 Å². The molecule has 0 fully saturated rings. The van der Waals surface area contributed by atoms with Crippen molar-refractivity contribution in [2.75, 3.05) is 12.9 Å². The third-order valence-corrected chi connectivity index (χ3v) is 5.29. The number of rotatable bonds is 8. The molecule has 1 aromatic heterocycles. The van der Waals surface area contributed by atoms with E-state index in [1.807, 2.05) is 55.5 Å². The van der Waals surface area contributed by atoms with Crippen LogP contribution in [-0.4, -0.2) is 28.9 Å². The lowest BCUT2D eigenvalue weighted by molar-refractivity contribution is -0.119. The molecule has 0 saturated carbocycles. The maximum absolute atomic E-state index is 12.2. The molecule has 1 heterocycles. The second-order valence-electron chi connectivity index (χ2n) is 6.05. The van der Waals surface area contributed by atoms with E-state index < -0.39 is 0 Å². The number of amides is 1. The normalized spacial score (nSPS) is 11.8. The molecule has 146 valence electrons. The number of aromatic nitrogens is 2. The Morgan fingerprint density at radius 3 is 2.71 bits per heavy atom. The molecule has 1 amide bonds. The van der Waals surface area contributed by atoms with Crippen molar-refractivity contribution in [3.63, 3.8) is 0 Å². The van der Waals surface area contributed by atoms with Gasteiger partial charge in [-0.25, -0.2) is 0 Å². The highest BCUT2D eigenvalue weighted by Gasteiger charge is 2.13. The molecule has 8 heteroatoms. The average Bonchev–Trinajstić information content (AvgIpc) is 3.17. The zero-order chi connectivity index (χ0) is 19.9. The van der Waals surface area contributed by atoms with E-state index in [2.05, 4.69) is 15.5 Å². The summed E-state index contributed by atoms with van der Waals surface area (Å²) in [4.78, 5) is 16.5. The van der Waals surface area contributed by atoms with Gasteiger partial charge in [-0.2, -0.15) is 4.98 Å². The lowest BCUT2D eigenvalue weighted by Gasteiger charge is -2.15. The Labute approximate surface area is 172 Å². The minimum atomic E-state index is -0.159. The molecule has 0 bridgehead atoms. The van der Waals surface area contributed by atoms with Gasteiger partial charge in [0.1, 0.15) is 5.75 Å². The van der Waals surface area contributed by atoms with Gasteiger partial charge >= 0.3 is 0 Å². The van der Waals surface area contributed by atoms with Crippen LogP contribution in [0.3, 0.4) is 0 Å². The van der Waals surface area contributed by atoms with Gasteiger partial charge in [0.05, 0.1) is 24.7 Å². The van der Waals surface area contributed by atoms with Gasteiger partial charge in [-0.05, 0) is 42.8 Å². The van der Waals surface area contributed by atoms with Crippen LogP contribution in [0, 0.1) is 0 Å². The standard InChI is InChI=1S/C20H20ClN3O3S/c1-13(16-5-3-4-6-17(16)21)22-19(25)12-28-11-18-23-20(27-24-18)14-7-9-15(26-2)10-8-14/h3-10,13H,11-12H2,1-2H3,(H,22,25). The fourth-order valence-electron chi connectivity index (χ4n) is 2.59. The summed E-state index contributed by atoms with van der Waals surface area (Å²) in [6, 6.07) is 14.7. The molecule has 28 heavy (non-hydrogen) atoms. The maximum Gasteiger partial charge on any atom is 0.257 e. The van der Waals surface area contributed by atoms with E-state index in [1.54, 1.807) is 7.11 Å². The maximum atomic E-state index is 12.2. The molecule has 0 saturated heterocycles. The lowest BCUT2D eigenvalue weighted by atomic mass is 10.1. The quantitative estimate of drug-likeness (QED) is 0.581. The number of methoxy groups -OCH3 is 1. The predicted octanol–water partition coefficient (Wildman–Crippen LogP) is 4.51. The summed E-state index contributed by atoms with van der Waals surface area (Å²) in [5.41, 5.74) is 1.71. The number of carbonyl (C=O) groups is 1. The molecule has 1 N–H and O–H groups in total. The highest BCUT2D eigenvalue weighted by molar-refractivity contribution is 7.99. The number of halogens is 1. The summed E-state index contributed by atoms with van der Waals surface area (Å²) < 4.78 is 10.4. The Morgan fingerprint density at radius 2 is 2.00 bits per heavy atom. The molecule has 1 unspecified atom stereocenters. The first-order valence-electron chi connectivity index (χ1n) is 8.65. The van der Waals surface area contributed by atoms with Gasteiger partial charge in [0.2, 0.25) is 5.91 Å². The summed E-state index contributed by atoms with van der Waals surface area (Å²) in [5, 5.41) is 7.55. The molecule has 0 aliphatic carbocycles. The van der Waals surface area contributed by atoms with E-state index >= 15 is 0 Å². The van der Waals surface area contributed by atoms with Crippen molar-refractivity contribution in [3.05, 3.63) is 64.9 Å². The fourth-order valence-corrected chi connectivity index (χ4v) is 3.56. The molecular weight excluding hydrogens is 398 g/mol. The van der Waals surface area contributed by atoms with Crippen molar-refractivity contribution < 1.29 is 14.1 Å². The highest BCUT2D eigenvalue weighted by atomic mass is 35.5. The number of hydrogen-bond donors (Lipinski definition) is 1. The van der Waals surface area contributed by atoms with Crippen LogP contribution in [-0.2, 0) is 10.5 Å². The number of carbonyl (C=O) groups excluding carboxylic acids is 1. The van der Waals surface area contributed by atoms with Crippen LogP contribution in [0.4, 0.5) is 0 Å². The average molecular weight is 418 g/mol. The van der Waals surface area contributed by atoms with E-state index in [0.29, 0.717) is 28.2 Å². The molecule has 3 rings (SSSR count). The monoisotopic (exact) mass is 417 g/mol.